The summed E-state index contributed by atoms with van der Waals surface area (Å²) in [6.45, 7) is 4.51. The maximum absolute atomic E-state index is 6.23. The van der Waals surface area contributed by atoms with Crippen molar-refractivity contribution in [3.63, 3.8) is 0 Å². The average Bonchev–Trinajstić information content (AvgIpc) is 2.61. The number of fused-ring (bicyclic) bond motifs is 1. The Labute approximate surface area is 84.1 Å². The van der Waals surface area contributed by atoms with Gasteiger partial charge < -0.3 is 0 Å². The van der Waals surface area contributed by atoms with E-state index in [0.29, 0.717) is 0 Å². The Bertz CT molecular complexity index is 193. The molecule has 0 aromatic carbocycles. The highest BCUT2D eigenvalue weighted by Crippen LogP contribution is 2.52. The van der Waals surface area contributed by atoms with E-state index in [-0.39, 0.29) is 5.54 Å². The van der Waals surface area contributed by atoms with E-state index in [1.807, 2.05) is 0 Å². The molecule has 13 heavy (non-hydrogen) atoms. The largest absolute Gasteiger partial charge is 0.299 e. The Balaban J connectivity index is 2.27. The highest BCUT2D eigenvalue weighted by Gasteiger charge is 2.51. The van der Waals surface area contributed by atoms with Crippen molar-refractivity contribution in [2.24, 2.45) is 0 Å². The third-order valence-corrected chi connectivity index (χ3v) is 4.09. The molecule has 2 heterocycles. The normalized spacial score (nSPS) is 27.8. The lowest BCUT2D eigenvalue weighted by Crippen LogP contribution is -2.49. The van der Waals surface area contributed by atoms with Gasteiger partial charge in [-0.15, -0.1) is 0 Å². The van der Waals surface area contributed by atoms with Crippen LogP contribution in [0.15, 0.2) is 0 Å². The molecule has 0 amide bonds. The molecule has 0 atom stereocenters. The van der Waals surface area contributed by atoms with Crippen molar-refractivity contribution < 1.29 is 0 Å². The molecular weight excluding hydrogens is 156 g/mol. The summed E-state index contributed by atoms with van der Waals surface area (Å²) in [4.78, 5) is 2.52. The first kappa shape index (κ1) is 9.64. The summed E-state index contributed by atoms with van der Waals surface area (Å²) in [6, 6.07) is 0. The topological polar surface area (TPSA) is 3.24 Å². The molecule has 0 aromatic rings. The predicted octanol–water partition coefficient (Wildman–Crippen LogP) is 1.48. The van der Waals surface area contributed by atoms with Crippen LogP contribution in [0.2, 0.25) is 5.21 Å². The van der Waals surface area contributed by atoms with Crippen LogP contribution in [-0.4, -0.2) is 39.2 Å². The van der Waals surface area contributed by atoms with E-state index in [1.54, 1.807) is 0 Å². The van der Waals surface area contributed by atoms with E-state index in [9.17, 15) is 0 Å². The lowest BCUT2D eigenvalue weighted by Gasteiger charge is -2.47. The third-order valence-electron chi connectivity index (χ3n) is 4.09. The first-order valence-corrected chi connectivity index (χ1v) is 5.45. The minimum atomic E-state index is -0.472. The molecule has 0 spiro atoms. The van der Waals surface area contributed by atoms with Gasteiger partial charge in [0.05, 0.1) is 15.7 Å². The van der Waals surface area contributed by atoms with E-state index in [1.165, 1.54) is 38.8 Å². The highest BCUT2D eigenvalue weighted by atomic mass is 15.2. The van der Waals surface area contributed by atoms with E-state index < -0.39 is 5.21 Å². The molecule has 0 N–H and O–H groups in total. The third kappa shape index (κ3) is 1.20. The maximum Gasteiger partial charge on any atom is 0.0645 e. The summed E-state index contributed by atoms with van der Waals surface area (Å²) in [5.74, 6) is 0. The van der Waals surface area contributed by atoms with Crippen molar-refractivity contribution in [2.45, 2.75) is 49.8 Å². The minimum absolute atomic E-state index is 0.141. The quantitative estimate of drug-likeness (QED) is 0.571. The van der Waals surface area contributed by atoms with Crippen LogP contribution in [0.4, 0.5) is 0 Å². The van der Waals surface area contributed by atoms with E-state index >= 15 is 0 Å². The van der Waals surface area contributed by atoms with Gasteiger partial charge in [0.2, 0.25) is 0 Å². The monoisotopic (exact) mass is 173 g/mol. The van der Waals surface area contributed by atoms with Gasteiger partial charge in [-0.2, -0.15) is 0 Å². The fourth-order valence-electron chi connectivity index (χ4n) is 3.19. The average molecular weight is 173 g/mol. The lowest BCUT2D eigenvalue weighted by molar-refractivity contribution is 0.164. The van der Waals surface area contributed by atoms with Crippen LogP contribution in [0.3, 0.4) is 0 Å². The van der Waals surface area contributed by atoms with Gasteiger partial charge in [0.1, 0.15) is 0 Å². The van der Waals surface area contributed by atoms with Crippen LogP contribution >= 0.6 is 0 Å². The molecule has 68 valence electrons. The second-order valence-corrected chi connectivity index (χ2v) is 4.62. The zero-order valence-electron chi connectivity index (χ0n) is 8.55. The molecule has 1 nitrogen and oxygen atoms in total. The van der Waals surface area contributed by atoms with Crippen LogP contribution in [0.1, 0.15) is 39.0 Å². The second kappa shape index (κ2) is 3.05. The number of nitrogens with zero attached hydrogens (tertiary/aromatic N) is 1. The van der Waals surface area contributed by atoms with Gasteiger partial charge in [0, 0.05) is 5.54 Å². The Morgan fingerprint density at radius 3 is 2.23 bits per heavy atom. The van der Waals surface area contributed by atoms with Crippen LogP contribution in [-0.2, 0) is 0 Å². The summed E-state index contributed by atoms with van der Waals surface area (Å²) < 4.78 is 0. The lowest BCUT2D eigenvalue weighted by atomic mass is 9.43. The number of hydrogen-bond acceptors (Lipinski definition) is 1. The summed E-state index contributed by atoms with van der Waals surface area (Å²) in [6.07, 6.45) is 5.83. The molecule has 2 aliphatic rings. The van der Waals surface area contributed by atoms with Crippen molar-refractivity contribution in [1.29, 1.82) is 0 Å². The zero-order chi connectivity index (χ0) is 9.53. The molecular formula is C10H17B2N. The van der Waals surface area contributed by atoms with E-state index in [2.05, 4.69) is 11.8 Å². The smallest absolute Gasteiger partial charge is 0.0645 e. The van der Waals surface area contributed by atoms with Crippen molar-refractivity contribution >= 4 is 15.7 Å². The van der Waals surface area contributed by atoms with Gasteiger partial charge in [-0.3, -0.25) is 4.90 Å². The van der Waals surface area contributed by atoms with Crippen molar-refractivity contribution in [2.75, 3.05) is 13.1 Å². The standard InChI is InChI=1S/C10H17B2N/c1-2-10(11,12)9-5-3-7-13(9)8-4-6-9/h2-8H2,1H3. The summed E-state index contributed by atoms with van der Waals surface area (Å²) in [5, 5.41) is -0.472. The fourth-order valence-corrected chi connectivity index (χ4v) is 3.19. The molecule has 2 rings (SSSR count). The van der Waals surface area contributed by atoms with Gasteiger partial charge in [-0.05, 0) is 38.8 Å². The Hall–Kier alpha value is 0.0899. The summed E-state index contributed by atoms with van der Waals surface area (Å²) >= 11 is 0. The van der Waals surface area contributed by atoms with Gasteiger partial charge in [-0.25, -0.2) is 0 Å². The molecule has 0 aliphatic carbocycles. The van der Waals surface area contributed by atoms with Gasteiger partial charge in [0.15, 0.2) is 0 Å². The molecule has 2 saturated heterocycles. The molecule has 0 aromatic heterocycles. The van der Waals surface area contributed by atoms with Gasteiger partial charge in [0.25, 0.3) is 0 Å². The van der Waals surface area contributed by atoms with E-state index in [4.69, 9.17) is 15.7 Å². The Kier molecular flexibility index (Phi) is 2.26. The van der Waals surface area contributed by atoms with Gasteiger partial charge in [-0.1, -0.05) is 18.6 Å². The molecule has 0 saturated carbocycles. The SMILES string of the molecule is [B]C([B])(CC)C12CCCN1CCC2. The first-order valence-electron chi connectivity index (χ1n) is 5.45. The van der Waals surface area contributed by atoms with Crippen molar-refractivity contribution in [3.05, 3.63) is 0 Å². The number of hydrogen-bond donors (Lipinski definition) is 0. The number of rotatable bonds is 2. The molecule has 2 fully saturated rings. The Morgan fingerprint density at radius 1 is 1.23 bits per heavy atom. The fraction of sp³-hybridized carbons (Fsp3) is 1.00. The minimum Gasteiger partial charge on any atom is -0.299 e. The molecule has 3 heteroatoms. The zero-order valence-corrected chi connectivity index (χ0v) is 8.55. The summed E-state index contributed by atoms with van der Waals surface area (Å²) in [5.41, 5.74) is 0.141. The maximum atomic E-state index is 6.23. The van der Waals surface area contributed by atoms with Gasteiger partial charge >= 0.3 is 0 Å². The highest BCUT2D eigenvalue weighted by molar-refractivity contribution is 6.40. The summed E-state index contributed by atoms with van der Waals surface area (Å²) in [7, 11) is 12.5. The predicted molar refractivity (Wildman–Crippen MR) is 57.3 cm³/mol. The first-order chi connectivity index (χ1) is 6.12. The van der Waals surface area contributed by atoms with Crippen molar-refractivity contribution in [1.82, 2.24) is 4.90 Å². The molecule has 0 unspecified atom stereocenters. The molecule has 2 aliphatic heterocycles. The van der Waals surface area contributed by atoms with E-state index in [0.717, 1.165) is 6.42 Å². The van der Waals surface area contributed by atoms with Crippen LogP contribution in [0.25, 0.3) is 0 Å². The molecule has 4 radical (unpaired) electrons. The van der Waals surface area contributed by atoms with Crippen LogP contribution < -0.4 is 0 Å². The molecule has 0 bridgehead atoms. The Morgan fingerprint density at radius 2 is 1.77 bits per heavy atom. The van der Waals surface area contributed by atoms with Crippen LogP contribution in [0, 0.1) is 0 Å². The van der Waals surface area contributed by atoms with Crippen molar-refractivity contribution in [3.8, 4) is 0 Å². The van der Waals surface area contributed by atoms with Crippen LogP contribution in [0.5, 0.6) is 0 Å². The second-order valence-electron chi connectivity index (χ2n) is 4.62.